The van der Waals surface area contributed by atoms with Gasteiger partial charge in [-0.1, -0.05) is 91.9 Å². The first-order chi connectivity index (χ1) is 16.4. The lowest BCUT2D eigenvalue weighted by atomic mass is 9.98. The summed E-state index contributed by atoms with van der Waals surface area (Å²) in [4.78, 5) is 11.8. The maximum Gasteiger partial charge on any atom is 0.268 e. The van der Waals surface area contributed by atoms with Crippen LogP contribution >= 0.6 is 15.1 Å². The molecule has 0 N–H and O–H groups in total. The molecule has 2 fully saturated rings. The van der Waals surface area contributed by atoms with Crippen LogP contribution < -0.4 is 4.89 Å². The average molecular weight is 521 g/mol. The van der Waals surface area contributed by atoms with Crippen molar-refractivity contribution in [1.82, 2.24) is 0 Å². The predicted molar refractivity (Wildman–Crippen MR) is 150 cm³/mol. The third-order valence-electron chi connectivity index (χ3n) is 7.60. The van der Waals surface area contributed by atoms with Gasteiger partial charge in [0, 0.05) is 7.26 Å². The first-order valence-corrected chi connectivity index (χ1v) is 18.9. The summed E-state index contributed by atoms with van der Waals surface area (Å²) in [6.45, 7) is 9.42. The minimum Gasteiger partial charge on any atom is -0.756 e. The Morgan fingerprint density at radius 1 is 0.618 bits per heavy atom. The van der Waals surface area contributed by atoms with Gasteiger partial charge >= 0.3 is 0 Å². The summed E-state index contributed by atoms with van der Waals surface area (Å²) in [6.07, 6.45) is 27.7. The van der Waals surface area contributed by atoms with Crippen molar-refractivity contribution in [3.05, 3.63) is 0 Å². The molecule has 2 rings (SSSR count). The molecule has 0 amide bonds. The third-order valence-corrected chi connectivity index (χ3v) is 13.8. The van der Waals surface area contributed by atoms with E-state index in [1.807, 2.05) is 0 Å². The molecule has 2 aliphatic rings. The van der Waals surface area contributed by atoms with Gasteiger partial charge in [-0.15, -0.1) is 0 Å². The summed E-state index contributed by atoms with van der Waals surface area (Å²) in [5, 5.41) is 0. The summed E-state index contributed by atoms with van der Waals surface area (Å²) in [7, 11) is -4.64. The Bertz CT molecular complexity index is 455. The van der Waals surface area contributed by atoms with E-state index in [0.29, 0.717) is 0 Å². The van der Waals surface area contributed by atoms with Crippen molar-refractivity contribution in [1.29, 1.82) is 0 Å². The Labute approximate surface area is 213 Å². The van der Waals surface area contributed by atoms with Crippen molar-refractivity contribution in [2.24, 2.45) is 0 Å². The van der Waals surface area contributed by atoms with Crippen molar-refractivity contribution in [2.75, 3.05) is 24.6 Å². The quantitative estimate of drug-likeness (QED) is 0.190. The Hall–Kier alpha value is 0.540. The number of hydrogen-bond acceptors (Lipinski definition) is 4. The number of rotatable bonds is 16. The monoisotopic (exact) mass is 520 g/mol. The molecule has 0 saturated heterocycles. The van der Waals surface area contributed by atoms with E-state index >= 15 is 0 Å². The molecule has 0 aromatic carbocycles. The number of phosphoric ester groups is 1. The zero-order valence-corrected chi connectivity index (χ0v) is 25.0. The first kappa shape index (κ1) is 32.6. The van der Waals surface area contributed by atoms with E-state index in [0.717, 1.165) is 51.4 Å². The molecule has 2 aliphatic carbocycles. The Kier molecular flexibility index (Phi) is 18.8. The minimum atomic E-state index is -4.08. The lowest BCUT2D eigenvalue weighted by Crippen LogP contribution is -2.24. The van der Waals surface area contributed by atoms with Gasteiger partial charge in [0.05, 0.1) is 36.9 Å². The Morgan fingerprint density at radius 3 is 1.18 bits per heavy atom. The van der Waals surface area contributed by atoms with Gasteiger partial charge in [0.2, 0.25) is 0 Å². The molecule has 6 heteroatoms. The van der Waals surface area contributed by atoms with Gasteiger partial charge < -0.3 is 13.9 Å². The van der Waals surface area contributed by atoms with Crippen LogP contribution in [0.2, 0.25) is 0 Å². The molecule has 2 saturated carbocycles. The highest BCUT2D eigenvalue weighted by molar-refractivity contribution is 7.75. The standard InChI is InChI=1S/C16H36P.C12H23O4P/c1-5-9-13-17(14-10-6-2,15-11-7-3)16-12-8-4;13-17(14,15-11-7-3-1-4-8-11)16-12-9-5-2-6-10-12/h5-16H2,1-4H3;11-12H,1-10H2,(H,13,14)/q+1;/p-1. The lowest BCUT2D eigenvalue weighted by Gasteiger charge is -2.34. The highest BCUT2D eigenvalue weighted by Crippen LogP contribution is 2.61. The van der Waals surface area contributed by atoms with Crippen LogP contribution in [0.5, 0.6) is 0 Å². The van der Waals surface area contributed by atoms with E-state index in [2.05, 4.69) is 27.7 Å². The van der Waals surface area contributed by atoms with Gasteiger partial charge in [0.1, 0.15) is 0 Å². The highest BCUT2D eigenvalue weighted by Gasteiger charge is 2.34. The molecule has 0 aromatic rings. The van der Waals surface area contributed by atoms with Gasteiger partial charge in [0.25, 0.3) is 7.82 Å². The van der Waals surface area contributed by atoms with Gasteiger partial charge in [-0.05, 0) is 51.4 Å². The number of phosphoric acid groups is 1. The van der Waals surface area contributed by atoms with E-state index < -0.39 is 15.1 Å². The van der Waals surface area contributed by atoms with E-state index in [9.17, 15) is 9.46 Å². The number of unbranched alkanes of at least 4 members (excludes halogenated alkanes) is 4. The number of hydrogen-bond donors (Lipinski definition) is 0. The van der Waals surface area contributed by atoms with Crippen LogP contribution in [0.1, 0.15) is 143 Å². The second kappa shape index (κ2) is 19.6. The van der Waals surface area contributed by atoms with E-state index in [1.165, 1.54) is 64.2 Å². The second-order valence-electron chi connectivity index (χ2n) is 10.8. The first-order valence-electron chi connectivity index (χ1n) is 14.9. The molecular formula is C28H58O4P2. The van der Waals surface area contributed by atoms with Gasteiger partial charge in [-0.3, -0.25) is 4.57 Å². The van der Waals surface area contributed by atoms with E-state index in [1.54, 1.807) is 24.6 Å². The molecule has 34 heavy (non-hydrogen) atoms. The fourth-order valence-corrected chi connectivity index (χ4v) is 11.9. The predicted octanol–water partition coefficient (Wildman–Crippen LogP) is 9.36. The van der Waals surface area contributed by atoms with Gasteiger partial charge in [-0.25, -0.2) is 0 Å². The lowest BCUT2D eigenvalue weighted by molar-refractivity contribution is -0.235. The molecular weight excluding hydrogens is 462 g/mol. The topological polar surface area (TPSA) is 58.6 Å². The molecule has 0 atom stereocenters. The highest BCUT2D eigenvalue weighted by atomic mass is 31.2. The average Bonchev–Trinajstić information content (AvgIpc) is 2.84. The summed E-state index contributed by atoms with van der Waals surface area (Å²) < 4.78 is 22.1. The molecule has 0 heterocycles. The van der Waals surface area contributed by atoms with Gasteiger partial charge in [-0.2, -0.15) is 0 Å². The van der Waals surface area contributed by atoms with Crippen LogP contribution in [0.4, 0.5) is 0 Å². The molecule has 4 nitrogen and oxygen atoms in total. The van der Waals surface area contributed by atoms with Crippen molar-refractivity contribution in [2.45, 2.75) is 155 Å². The van der Waals surface area contributed by atoms with Gasteiger partial charge in [0.15, 0.2) is 0 Å². The smallest absolute Gasteiger partial charge is 0.268 e. The molecule has 0 radical (unpaired) electrons. The summed E-state index contributed by atoms with van der Waals surface area (Å²) >= 11 is 0. The Balaban J connectivity index is 0.000000340. The van der Waals surface area contributed by atoms with Crippen molar-refractivity contribution < 1.29 is 18.5 Å². The fraction of sp³-hybridized carbons (Fsp3) is 1.00. The van der Waals surface area contributed by atoms with E-state index in [4.69, 9.17) is 9.05 Å². The van der Waals surface area contributed by atoms with Crippen molar-refractivity contribution >= 4 is 15.1 Å². The van der Waals surface area contributed by atoms with E-state index in [-0.39, 0.29) is 12.2 Å². The maximum absolute atomic E-state index is 11.8. The fourth-order valence-electron chi connectivity index (χ4n) is 5.38. The molecule has 0 aliphatic heterocycles. The molecule has 0 spiro atoms. The van der Waals surface area contributed by atoms with Crippen LogP contribution in [0.3, 0.4) is 0 Å². The Morgan fingerprint density at radius 2 is 0.912 bits per heavy atom. The molecule has 0 bridgehead atoms. The summed E-state index contributed by atoms with van der Waals surface area (Å²) in [5.41, 5.74) is 0. The van der Waals surface area contributed by atoms with Crippen LogP contribution in [0.15, 0.2) is 0 Å². The van der Waals surface area contributed by atoms with Crippen LogP contribution in [-0.4, -0.2) is 36.9 Å². The summed E-state index contributed by atoms with van der Waals surface area (Å²) in [5.74, 6) is 0. The maximum atomic E-state index is 11.8. The normalized spacial score (nSPS) is 18.5. The minimum absolute atomic E-state index is 0.143. The van der Waals surface area contributed by atoms with Crippen LogP contribution in [0.25, 0.3) is 0 Å². The second-order valence-corrected chi connectivity index (χ2v) is 16.6. The third kappa shape index (κ3) is 14.9. The van der Waals surface area contributed by atoms with Crippen molar-refractivity contribution in [3.8, 4) is 0 Å². The zero-order chi connectivity index (χ0) is 25.1. The van der Waals surface area contributed by atoms with Crippen molar-refractivity contribution in [3.63, 3.8) is 0 Å². The van der Waals surface area contributed by atoms with Crippen LogP contribution in [-0.2, 0) is 13.6 Å². The summed E-state index contributed by atoms with van der Waals surface area (Å²) in [6, 6.07) is 0. The molecule has 204 valence electrons. The largest absolute Gasteiger partial charge is 0.756 e. The zero-order valence-electron chi connectivity index (χ0n) is 23.2. The molecule has 0 unspecified atom stereocenters. The van der Waals surface area contributed by atoms with Crippen LogP contribution in [0, 0.1) is 0 Å². The SMILES string of the molecule is CCCC[P+](CCCC)(CCCC)CCCC.O=P([O-])(OC1CCCCC1)OC1CCCCC1. The molecule has 0 aromatic heterocycles.